The molecule has 3 aromatic carbocycles. The van der Waals surface area contributed by atoms with Crippen LogP contribution in [-0.2, 0) is 29.0 Å². The highest BCUT2D eigenvalue weighted by molar-refractivity contribution is 5.88. The molecule has 4 nitrogen and oxygen atoms in total. The third kappa shape index (κ3) is 6.77. The average molecular weight is 461 g/mol. The van der Waals surface area contributed by atoms with Crippen LogP contribution in [0.15, 0.2) is 78.9 Å². The zero-order chi connectivity index (χ0) is 24.5. The summed E-state index contributed by atoms with van der Waals surface area (Å²) in [5.74, 6) is -0.395. The van der Waals surface area contributed by atoms with Gasteiger partial charge in [0.15, 0.2) is 0 Å². The predicted molar refractivity (Wildman–Crippen MR) is 134 cm³/mol. The maximum atomic E-state index is 14.5. The highest BCUT2D eigenvalue weighted by Crippen LogP contribution is 2.19. The molecule has 0 aliphatic rings. The zero-order valence-corrected chi connectivity index (χ0v) is 20.1. The van der Waals surface area contributed by atoms with Gasteiger partial charge in [0.25, 0.3) is 0 Å². The van der Waals surface area contributed by atoms with E-state index in [1.54, 1.807) is 25.2 Å². The fourth-order valence-corrected chi connectivity index (χ4v) is 3.99. The largest absolute Gasteiger partial charge is 0.357 e. The second-order valence-electron chi connectivity index (χ2n) is 8.83. The molecule has 0 bridgehead atoms. The molecule has 0 heterocycles. The quantitative estimate of drug-likeness (QED) is 0.448. The lowest BCUT2D eigenvalue weighted by atomic mass is 9.99. The van der Waals surface area contributed by atoms with E-state index in [9.17, 15) is 14.0 Å². The van der Waals surface area contributed by atoms with Gasteiger partial charge in [-0.3, -0.25) is 9.59 Å². The Morgan fingerprint density at radius 3 is 2.15 bits per heavy atom. The SMILES string of the molecule is CNC(=O)[C@@H](Cc1ccccc1)N(Cc1ccccc1F)C(=O)CCc1ccc(C(C)C)cc1. The van der Waals surface area contributed by atoms with Crippen LogP contribution in [-0.4, -0.2) is 29.8 Å². The lowest BCUT2D eigenvalue weighted by Crippen LogP contribution is -2.49. The summed E-state index contributed by atoms with van der Waals surface area (Å²) in [4.78, 5) is 27.9. The van der Waals surface area contributed by atoms with E-state index in [-0.39, 0.29) is 30.6 Å². The van der Waals surface area contributed by atoms with E-state index in [4.69, 9.17) is 0 Å². The highest BCUT2D eigenvalue weighted by atomic mass is 19.1. The van der Waals surface area contributed by atoms with Crippen molar-refractivity contribution < 1.29 is 14.0 Å². The monoisotopic (exact) mass is 460 g/mol. The summed E-state index contributed by atoms with van der Waals surface area (Å²) in [7, 11) is 1.56. The Labute approximate surface area is 201 Å². The number of carbonyl (C=O) groups is 2. The molecule has 0 fully saturated rings. The summed E-state index contributed by atoms with van der Waals surface area (Å²) in [5, 5.41) is 2.69. The lowest BCUT2D eigenvalue weighted by Gasteiger charge is -2.31. The molecule has 0 spiro atoms. The van der Waals surface area contributed by atoms with Gasteiger partial charge in [0, 0.05) is 32.0 Å². The Morgan fingerprint density at radius 1 is 0.882 bits per heavy atom. The maximum absolute atomic E-state index is 14.5. The number of amides is 2. The molecule has 3 aromatic rings. The van der Waals surface area contributed by atoms with Gasteiger partial charge in [-0.25, -0.2) is 4.39 Å². The molecule has 0 aliphatic heterocycles. The molecule has 2 amide bonds. The van der Waals surface area contributed by atoms with Crippen LogP contribution in [0.4, 0.5) is 4.39 Å². The standard InChI is InChI=1S/C29H33FN2O2/c1-21(2)24-16-13-22(14-17-24)15-18-28(33)32(20-25-11-7-8-12-26(25)30)27(29(34)31-3)19-23-9-5-4-6-10-23/h4-14,16-17,21,27H,15,18-20H2,1-3H3,(H,31,34)/t27-/m1/s1. The van der Waals surface area contributed by atoms with Crippen molar-refractivity contribution in [3.05, 3.63) is 107 Å². The van der Waals surface area contributed by atoms with Crippen LogP contribution in [0.3, 0.4) is 0 Å². The van der Waals surface area contributed by atoms with Crippen molar-refractivity contribution in [1.82, 2.24) is 10.2 Å². The van der Waals surface area contributed by atoms with Crippen molar-refractivity contribution in [1.29, 1.82) is 0 Å². The molecule has 3 rings (SSSR count). The van der Waals surface area contributed by atoms with Gasteiger partial charge in [0.2, 0.25) is 11.8 Å². The van der Waals surface area contributed by atoms with Gasteiger partial charge in [0.1, 0.15) is 11.9 Å². The minimum absolute atomic E-state index is 0.0305. The van der Waals surface area contributed by atoms with Crippen molar-refractivity contribution in [3.8, 4) is 0 Å². The predicted octanol–water partition coefficient (Wildman–Crippen LogP) is 5.27. The molecule has 0 aromatic heterocycles. The zero-order valence-electron chi connectivity index (χ0n) is 20.1. The topological polar surface area (TPSA) is 49.4 Å². The van der Waals surface area contributed by atoms with Crippen molar-refractivity contribution >= 4 is 11.8 Å². The van der Waals surface area contributed by atoms with Gasteiger partial charge in [-0.2, -0.15) is 0 Å². The first kappa shape index (κ1) is 25.2. The van der Waals surface area contributed by atoms with E-state index in [2.05, 4.69) is 31.3 Å². The van der Waals surface area contributed by atoms with Crippen molar-refractivity contribution in [2.75, 3.05) is 7.05 Å². The molecule has 1 atom stereocenters. The first-order valence-corrected chi connectivity index (χ1v) is 11.8. The summed E-state index contributed by atoms with van der Waals surface area (Å²) < 4.78 is 14.5. The third-order valence-electron chi connectivity index (χ3n) is 6.09. The molecule has 0 saturated heterocycles. The summed E-state index contributed by atoms with van der Waals surface area (Å²) in [6, 6.07) is 23.5. The second kappa shape index (κ2) is 12.1. The van der Waals surface area contributed by atoms with Gasteiger partial charge in [-0.05, 0) is 35.1 Å². The van der Waals surface area contributed by atoms with Crippen LogP contribution in [0, 0.1) is 5.82 Å². The van der Waals surface area contributed by atoms with Crippen molar-refractivity contribution in [2.45, 2.75) is 51.6 Å². The Morgan fingerprint density at radius 2 is 1.53 bits per heavy atom. The minimum atomic E-state index is -0.747. The Bertz CT molecular complexity index is 1080. The van der Waals surface area contributed by atoms with E-state index in [1.165, 1.54) is 16.5 Å². The van der Waals surface area contributed by atoms with Crippen LogP contribution in [0.5, 0.6) is 0 Å². The van der Waals surface area contributed by atoms with Crippen molar-refractivity contribution in [2.24, 2.45) is 0 Å². The fourth-order valence-electron chi connectivity index (χ4n) is 3.99. The van der Waals surface area contributed by atoms with E-state index >= 15 is 0 Å². The number of nitrogens with one attached hydrogen (secondary N) is 1. The average Bonchev–Trinajstić information content (AvgIpc) is 2.86. The number of hydrogen-bond donors (Lipinski definition) is 1. The molecule has 0 radical (unpaired) electrons. The Balaban J connectivity index is 1.85. The van der Waals surface area contributed by atoms with E-state index < -0.39 is 6.04 Å². The van der Waals surface area contributed by atoms with Crippen molar-refractivity contribution in [3.63, 3.8) is 0 Å². The van der Waals surface area contributed by atoms with E-state index in [0.717, 1.165) is 11.1 Å². The summed E-state index contributed by atoms with van der Waals surface area (Å²) >= 11 is 0. The van der Waals surface area contributed by atoms with Gasteiger partial charge in [-0.15, -0.1) is 0 Å². The van der Waals surface area contributed by atoms with E-state index in [1.807, 2.05) is 42.5 Å². The molecule has 0 aliphatic carbocycles. The first-order chi connectivity index (χ1) is 16.4. The number of rotatable bonds is 10. The maximum Gasteiger partial charge on any atom is 0.242 e. The second-order valence-corrected chi connectivity index (χ2v) is 8.83. The van der Waals surface area contributed by atoms with Crippen LogP contribution < -0.4 is 5.32 Å². The first-order valence-electron chi connectivity index (χ1n) is 11.8. The lowest BCUT2D eigenvalue weighted by molar-refractivity contribution is -0.141. The molecule has 34 heavy (non-hydrogen) atoms. The number of benzene rings is 3. The number of likely N-dealkylation sites (N-methyl/N-ethyl adjacent to an activating group) is 1. The van der Waals surface area contributed by atoms with Gasteiger partial charge in [0.05, 0.1) is 0 Å². The molecule has 178 valence electrons. The minimum Gasteiger partial charge on any atom is -0.357 e. The normalized spacial score (nSPS) is 11.8. The summed E-state index contributed by atoms with van der Waals surface area (Å²) in [5.41, 5.74) is 3.63. The van der Waals surface area contributed by atoms with Crippen LogP contribution in [0.25, 0.3) is 0 Å². The Hall–Kier alpha value is -3.47. The number of halogens is 1. The van der Waals surface area contributed by atoms with Crippen LogP contribution in [0.1, 0.15) is 48.4 Å². The van der Waals surface area contributed by atoms with Crippen LogP contribution in [0.2, 0.25) is 0 Å². The smallest absolute Gasteiger partial charge is 0.242 e. The molecule has 1 N–H and O–H groups in total. The van der Waals surface area contributed by atoms with Crippen LogP contribution >= 0.6 is 0 Å². The molecule has 5 heteroatoms. The number of aryl methyl sites for hydroxylation is 1. The number of nitrogens with zero attached hydrogens (tertiary/aromatic N) is 1. The summed E-state index contributed by atoms with van der Waals surface area (Å²) in [6.07, 6.45) is 1.14. The van der Waals surface area contributed by atoms with Gasteiger partial charge >= 0.3 is 0 Å². The number of hydrogen-bond acceptors (Lipinski definition) is 2. The number of carbonyl (C=O) groups excluding carboxylic acids is 2. The molecular formula is C29H33FN2O2. The van der Waals surface area contributed by atoms with Gasteiger partial charge in [-0.1, -0.05) is 86.6 Å². The molecular weight excluding hydrogens is 427 g/mol. The molecule has 0 unspecified atom stereocenters. The highest BCUT2D eigenvalue weighted by Gasteiger charge is 2.30. The van der Waals surface area contributed by atoms with E-state index in [0.29, 0.717) is 24.3 Å². The van der Waals surface area contributed by atoms with Gasteiger partial charge < -0.3 is 10.2 Å². The Kier molecular flexibility index (Phi) is 8.97. The fraction of sp³-hybridized carbons (Fsp3) is 0.310. The molecule has 0 saturated carbocycles. The third-order valence-corrected chi connectivity index (χ3v) is 6.09. The summed E-state index contributed by atoms with van der Waals surface area (Å²) in [6.45, 7) is 4.32.